The molecule has 0 saturated heterocycles. The highest BCUT2D eigenvalue weighted by molar-refractivity contribution is 6.18. The van der Waals surface area contributed by atoms with Crippen molar-refractivity contribution in [3.63, 3.8) is 0 Å². The van der Waals surface area contributed by atoms with Gasteiger partial charge in [-0.2, -0.15) is 0 Å². The van der Waals surface area contributed by atoms with E-state index >= 15 is 0 Å². The van der Waals surface area contributed by atoms with Crippen molar-refractivity contribution >= 4 is 22.6 Å². The van der Waals surface area contributed by atoms with Gasteiger partial charge in [0.15, 0.2) is 5.78 Å². The fourth-order valence-electron chi connectivity index (χ4n) is 4.38. The van der Waals surface area contributed by atoms with E-state index in [9.17, 15) is 9.18 Å². The van der Waals surface area contributed by atoms with E-state index < -0.39 is 0 Å². The van der Waals surface area contributed by atoms with Gasteiger partial charge in [-0.1, -0.05) is 43.2 Å². The van der Waals surface area contributed by atoms with Crippen molar-refractivity contribution in [2.75, 3.05) is 5.73 Å². The van der Waals surface area contributed by atoms with Crippen molar-refractivity contribution in [1.82, 2.24) is 14.5 Å². The molecule has 5 rings (SSSR count). The van der Waals surface area contributed by atoms with Crippen molar-refractivity contribution in [2.45, 2.75) is 31.7 Å². The summed E-state index contributed by atoms with van der Waals surface area (Å²) in [7, 11) is 0. The highest BCUT2D eigenvalue weighted by Crippen LogP contribution is 2.35. The number of rotatable bonds is 4. The molecule has 1 saturated carbocycles. The van der Waals surface area contributed by atoms with E-state index in [1.54, 1.807) is 18.2 Å². The third-order valence-corrected chi connectivity index (χ3v) is 5.90. The fraction of sp³-hybridized carbons (Fsp3) is 0.208. The lowest BCUT2D eigenvalue weighted by molar-refractivity contribution is 0.104. The zero-order valence-corrected chi connectivity index (χ0v) is 16.4. The number of fused-ring (bicyclic) bond motifs is 1. The molecular formula is C24H21FN4O. The lowest BCUT2D eigenvalue weighted by atomic mass is 9.98. The van der Waals surface area contributed by atoms with Crippen LogP contribution in [-0.2, 0) is 0 Å². The summed E-state index contributed by atoms with van der Waals surface area (Å²) in [6.07, 6.45) is 7.83. The predicted octanol–water partition coefficient (Wildman–Crippen LogP) is 5.17. The second-order valence-corrected chi connectivity index (χ2v) is 7.76. The molecule has 30 heavy (non-hydrogen) atoms. The van der Waals surface area contributed by atoms with Crippen LogP contribution >= 0.6 is 0 Å². The van der Waals surface area contributed by atoms with Crippen molar-refractivity contribution in [3.05, 3.63) is 78.0 Å². The Kier molecular flexibility index (Phi) is 4.54. The van der Waals surface area contributed by atoms with E-state index in [0.717, 1.165) is 24.0 Å². The summed E-state index contributed by atoms with van der Waals surface area (Å²) in [6, 6.07) is 13.9. The number of nitrogens with zero attached hydrogens (tertiary/aromatic N) is 3. The minimum atomic E-state index is -0.291. The number of ketones is 1. The predicted molar refractivity (Wildman–Crippen MR) is 115 cm³/mol. The molecule has 0 bridgehead atoms. The van der Waals surface area contributed by atoms with Gasteiger partial charge in [0, 0.05) is 17.8 Å². The standard InChI is InChI=1S/C24H21FN4O/c25-18-10-8-15(9-11-18)16-4-3-5-17(12-16)22(30)20-13-29(19-6-1-2-7-19)24-21(20)23(26)27-14-28-24/h3-5,8-14,19H,1-2,6-7H2,(H2,26,27,28). The summed E-state index contributed by atoms with van der Waals surface area (Å²) in [4.78, 5) is 22.1. The molecule has 5 nitrogen and oxygen atoms in total. The van der Waals surface area contributed by atoms with Crippen LogP contribution in [0.25, 0.3) is 22.2 Å². The van der Waals surface area contributed by atoms with E-state index in [0.29, 0.717) is 34.0 Å². The van der Waals surface area contributed by atoms with Crippen molar-refractivity contribution < 1.29 is 9.18 Å². The summed E-state index contributed by atoms with van der Waals surface area (Å²) in [5.41, 5.74) is 9.65. The number of carbonyl (C=O) groups is 1. The van der Waals surface area contributed by atoms with Crippen molar-refractivity contribution in [3.8, 4) is 11.1 Å². The smallest absolute Gasteiger partial charge is 0.195 e. The fourth-order valence-corrected chi connectivity index (χ4v) is 4.38. The molecule has 0 unspecified atom stereocenters. The summed E-state index contributed by atoms with van der Waals surface area (Å²) >= 11 is 0. The number of hydrogen-bond donors (Lipinski definition) is 1. The van der Waals surface area contributed by atoms with Gasteiger partial charge >= 0.3 is 0 Å². The van der Waals surface area contributed by atoms with Gasteiger partial charge in [0.1, 0.15) is 23.6 Å². The molecule has 0 radical (unpaired) electrons. The Hall–Kier alpha value is -3.54. The van der Waals surface area contributed by atoms with Gasteiger partial charge < -0.3 is 10.3 Å². The summed E-state index contributed by atoms with van der Waals surface area (Å²) < 4.78 is 15.4. The van der Waals surface area contributed by atoms with E-state index in [1.807, 2.05) is 24.4 Å². The van der Waals surface area contributed by atoms with E-state index in [-0.39, 0.29) is 11.6 Å². The Morgan fingerprint density at radius 1 is 1.03 bits per heavy atom. The minimum Gasteiger partial charge on any atom is -0.383 e. The molecule has 0 aliphatic heterocycles. The lowest BCUT2D eigenvalue weighted by Gasteiger charge is -2.12. The Bertz CT molecular complexity index is 1240. The van der Waals surface area contributed by atoms with Crippen LogP contribution in [0.5, 0.6) is 0 Å². The molecule has 1 fully saturated rings. The first-order chi connectivity index (χ1) is 14.6. The van der Waals surface area contributed by atoms with Gasteiger partial charge in [0.25, 0.3) is 0 Å². The number of anilines is 1. The third-order valence-electron chi connectivity index (χ3n) is 5.90. The Morgan fingerprint density at radius 2 is 1.80 bits per heavy atom. The number of aromatic nitrogens is 3. The first-order valence-corrected chi connectivity index (χ1v) is 10.1. The van der Waals surface area contributed by atoms with Crippen molar-refractivity contribution in [2.24, 2.45) is 0 Å². The van der Waals surface area contributed by atoms with Crippen LogP contribution in [0.1, 0.15) is 47.6 Å². The van der Waals surface area contributed by atoms with Crippen LogP contribution in [0.3, 0.4) is 0 Å². The lowest BCUT2D eigenvalue weighted by Crippen LogP contribution is -2.04. The summed E-state index contributed by atoms with van der Waals surface area (Å²) in [5.74, 6) is -0.0989. The van der Waals surface area contributed by atoms with Crippen molar-refractivity contribution in [1.29, 1.82) is 0 Å². The largest absolute Gasteiger partial charge is 0.383 e. The quantitative estimate of drug-likeness (QED) is 0.480. The zero-order chi connectivity index (χ0) is 20.7. The Morgan fingerprint density at radius 3 is 2.57 bits per heavy atom. The first kappa shape index (κ1) is 18.5. The summed E-state index contributed by atoms with van der Waals surface area (Å²) in [5, 5.41) is 0.613. The van der Waals surface area contributed by atoms with Gasteiger partial charge in [-0.25, -0.2) is 14.4 Å². The van der Waals surface area contributed by atoms with E-state index in [2.05, 4.69) is 14.5 Å². The van der Waals surface area contributed by atoms with Gasteiger partial charge in [0.2, 0.25) is 0 Å². The highest BCUT2D eigenvalue weighted by atomic mass is 19.1. The molecule has 0 amide bonds. The van der Waals surface area contributed by atoms with Crippen LogP contribution in [0.2, 0.25) is 0 Å². The number of carbonyl (C=O) groups excluding carboxylic acids is 1. The third kappa shape index (κ3) is 3.14. The van der Waals surface area contributed by atoms with Gasteiger partial charge in [-0.05, 0) is 42.2 Å². The van der Waals surface area contributed by atoms with Crippen LogP contribution in [0.4, 0.5) is 10.2 Å². The first-order valence-electron chi connectivity index (χ1n) is 10.1. The molecule has 2 heterocycles. The number of nitrogens with two attached hydrogens (primary N) is 1. The average Bonchev–Trinajstić information content (AvgIpc) is 3.42. The van der Waals surface area contributed by atoms with Crippen LogP contribution in [0, 0.1) is 5.82 Å². The molecule has 1 aliphatic carbocycles. The van der Waals surface area contributed by atoms with Gasteiger partial charge in [-0.15, -0.1) is 0 Å². The second-order valence-electron chi connectivity index (χ2n) is 7.76. The molecule has 0 atom stereocenters. The normalized spacial score (nSPS) is 14.4. The van der Waals surface area contributed by atoms with Crippen LogP contribution < -0.4 is 5.73 Å². The minimum absolute atomic E-state index is 0.123. The summed E-state index contributed by atoms with van der Waals surface area (Å²) in [6.45, 7) is 0. The molecule has 2 aromatic heterocycles. The number of nitrogen functional groups attached to an aromatic ring is 1. The van der Waals surface area contributed by atoms with E-state index in [1.165, 1.54) is 31.3 Å². The molecular weight excluding hydrogens is 379 g/mol. The number of benzene rings is 2. The van der Waals surface area contributed by atoms with Gasteiger partial charge in [0.05, 0.1) is 10.9 Å². The molecule has 0 spiro atoms. The van der Waals surface area contributed by atoms with E-state index in [4.69, 9.17) is 5.73 Å². The topological polar surface area (TPSA) is 73.8 Å². The maximum absolute atomic E-state index is 13.5. The Balaban J connectivity index is 1.60. The molecule has 4 aromatic rings. The maximum Gasteiger partial charge on any atom is 0.195 e. The molecule has 2 N–H and O–H groups in total. The SMILES string of the molecule is Nc1ncnc2c1c(C(=O)c1cccc(-c3ccc(F)cc3)c1)cn2C1CCCC1. The number of halogens is 1. The molecule has 1 aliphatic rings. The monoisotopic (exact) mass is 400 g/mol. The number of hydrogen-bond acceptors (Lipinski definition) is 4. The van der Waals surface area contributed by atoms with Crippen LogP contribution in [0.15, 0.2) is 61.1 Å². The maximum atomic E-state index is 13.5. The molecule has 2 aromatic carbocycles. The zero-order valence-electron chi connectivity index (χ0n) is 16.4. The molecule has 6 heteroatoms. The highest BCUT2D eigenvalue weighted by Gasteiger charge is 2.25. The Labute approximate surface area is 173 Å². The van der Waals surface area contributed by atoms with Gasteiger partial charge in [-0.3, -0.25) is 4.79 Å². The molecule has 150 valence electrons. The second kappa shape index (κ2) is 7.37. The van der Waals surface area contributed by atoms with Crippen LogP contribution in [-0.4, -0.2) is 20.3 Å². The average molecular weight is 400 g/mol.